The topological polar surface area (TPSA) is 212 Å². The van der Waals surface area contributed by atoms with Crippen LogP contribution in [0.15, 0.2) is 24.3 Å². The Balaban J connectivity index is 2.35. The molecule has 0 saturated heterocycles. The number of ether oxygens (including phenoxy) is 4. The van der Waals surface area contributed by atoms with Crippen LogP contribution in [0.1, 0.15) is 46.6 Å². The minimum absolute atomic E-state index is 0.0137. The van der Waals surface area contributed by atoms with E-state index in [1.54, 1.807) is 38.1 Å². The molecule has 2 atom stereocenters. The Labute approximate surface area is 301 Å². The molecule has 276 valence electrons. The summed E-state index contributed by atoms with van der Waals surface area (Å²) in [4.78, 5) is 72.7. The molecule has 0 saturated carbocycles. The van der Waals surface area contributed by atoms with E-state index in [4.69, 9.17) is 18.9 Å². The second-order valence-electron chi connectivity index (χ2n) is 11.6. The number of benzene rings is 1. The Morgan fingerprint density at radius 2 is 1.31 bits per heavy atom. The third kappa shape index (κ3) is 21.1. The molecule has 0 aliphatic carbocycles. The molecule has 0 aliphatic heterocycles. The molecule has 6 amide bonds. The fourth-order valence-corrected chi connectivity index (χ4v) is 3.97. The van der Waals surface area contributed by atoms with Gasteiger partial charge in [0.05, 0.1) is 37.5 Å². The molecular formula is C32H51IN6O10. The first-order valence-electron chi connectivity index (χ1n) is 16.1. The van der Waals surface area contributed by atoms with Crippen molar-refractivity contribution in [3.63, 3.8) is 0 Å². The van der Waals surface area contributed by atoms with Crippen molar-refractivity contribution >= 4 is 64.1 Å². The summed E-state index contributed by atoms with van der Waals surface area (Å²) in [5, 5.41) is 15.8. The van der Waals surface area contributed by atoms with Crippen molar-refractivity contribution in [2.75, 3.05) is 62.4 Å². The van der Waals surface area contributed by atoms with Crippen LogP contribution in [0.3, 0.4) is 0 Å². The summed E-state index contributed by atoms with van der Waals surface area (Å²) < 4.78 is 21.3. The van der Waals surface area contributed by atoms with E-state index in [-0.39, 0.29) is 63.0 Å². The number of nitrogens with one attached hydrogen (secondary N) is 6. The van der Waals surface area contributed by atoms with Crippen LogP contribution in [-0.4, -0.2) is 105 Å². The molecular weight excluding hydrogens is 755 g/mol. The highest BCUT2D eigenvalue weighted by atomic mass is 127. The third-order valence-electron chi connectivity index (χ3n) is 6.36. The van der Waals surface area contributed by atoms with Gasteiger partial charge >= 0.3 is 12.2 Å². The van der Waals surface area contributed by atoms with Crippen LogP contribution in [0.2, 0.25) is 0 Å². The minimum atomic E-state index is -0.901. The molecule has 0 bridgehead atoms. The number of hydrogen-bond acceptors (Lipinski definition) is 10. The van der Waals surface area contributed by atoms with Gasteiger partial charge in [0.2, 0.25) is 23.6 Å². The van der Waals surface area contributed by atoms with Gasteiger partial charge in [-0.3, -0.25) is 19.2 Å². The van der Waals surface area contributed by atoms with Crippen molar-refractivity contribution in [2.24, 2.45) is 11.8 Å². The maximum atomic E-state index is 12.9. The summed E-state index contributed by atoms with van der Waals surface area (Å²) in [6.07, 6.45) is -1.17. The summed E-state index contributed by atoms with van der Waals surface area (Å²) in [7, 11) is 0. The second kappa shape index (κ2) is 25.3. The Hall–Kier alpha value is -3.71. The highest BCUT2D eigenvalue weighted by molar-refractivity contribution is 14.1. The van der Waals surface area contributed by atoms with Gasteiger partial charge < -0.3 is 50.8 Å². The number of anilines is 1. The first-order chi connectivity index (χ1) is 23.3. The van der Waals surface area contributed by atoms with Gasteiger partial charge in [-0.1, -0.05) is 62.4 Å². The maximum absolute atomic E-state index is 12.9. The van der Waals surface area contributed by atoms with E-state index in [0.717, 1.165) is 0 Å². The van der Waals surface area contributed by atoms with E-state index >= 15 is 0 Å². The molecule has 0 aliphatic rings. The van der Waals surface area contributed by atoms with Gasteiger partial charge in [-0.15, -0.1) is 0 Å². The number of alkyl carbamates (subject to hydrolysis) is 2. The highest BCUT2D eigenvalue weighted by Gasteiger charge is 2.27. The lowest BCUT2D eigenvalue weighted by Gasteiger charge is -2.24. The zero-order chi connectivity index (χ0) is 36.6. The fourth-order valence-electron chi connectivity index (χ4n) is 3.70. The molecule has 49 heavy (non-hydrogen) atoms. The number of carbonyl (C=O) groups is 6. The predicted octanol–water partition coefficient (Wildman–Crippen LogP) is 1.85. The van der Waals surface area contributed by atoms with Gasteiger partial charge in [0.1, 0.15) is 18.7 Å². The van der Waals surface area contributed by atoms with Gasteiger partial charge in [0.15, 0.2) is 0 Å². The lowest BCUT2D eigenvalue weighted by molar-refractivity contribution is -0.132. The molecule has 0 radical (unpaired) electrons. The van der Waals surface area contributed by atoms with Crippen LogP contribution in [0, 0.1) is 11.8 Å². The number of carbonyl (C=O) groups excluding carboxylic acids is 6. The van der Waals surface area contributed by atoms with Crippen LogP contribution in [-0.2, 0) is 44.7 Å². The average Bonchev–Trinajstić information content (AvgIpc) is 3.06. The van der Waals surface area contributed by atoms with Gasteiger partial charge in [0, 0.05) is 31.7 Å². The molecule has 0 aromatic heterocycles. The molecule has 0 heterocycles. The molecule has 1 aromatic rings. The molecule has 6 N–H and O–H groups in total. The molecule has 0 fully saturated rings. The highest BCUT2D eigenvalue weighted by Crippen LogP contribution is 2.11. The fraction of sp³-hybridized carbons (Fsp3) is 0.625. The minimum Gasteiger partial charge on any atom is -0.449 e. The SMILES string of the molecule is CC(C)COC(=O)NCCNC(=O)OCc1ccc(NC(=O)[C@H](C)NC(=O)[C@@H](NC(=O)CCOCCOCCNC(=O)CI)C(C)C)cc1. The Morgan fingerprint density at radius 1 is 0.694 bits per heavy atom. The Bertz CT molecular complexity index is 1190. The second-order valence-corrected chi connectivity index (χ2v) is 12.3. The lowest BCUT2D eigenvalue weighted by Crippen LogP contribution is -2.53. The van der Waals surface area contributed by atoms with E-state index in [1.165, 1.54) is 6.92 Å². The summed E-state index contributed by atoms with van der Waals surface area (Å²) in [6.45, 7) is 11.1. The summed E-state index contributed by atoms with van der Waals surface area (Å²) in [5.41, 5.74) is 1.14. The quantitative estimate of drug-likeness (QED) is 0.0537. The first-order valence-corrected chi connectivity index (χ1v) is 17.6. The van der Waals surface area contributed by atoms with E-state index < -0.39 is 36.1 Å². The van der Waals surface area contributed by atoms with Gasteiger partial charge in [-0.2, -0.15) is 0 Å². The number of rotatable bonds is 23. The summed E-state index contributed by atoms with van der Waals surface area (Å²) >= 11 is 1.97. The van der Waals surface area contributed by atoms with Gasteiger partial charge in [0.25, 0.3) is 0 Å². The lowest BCUT2D eigenvalue weighted by atomic mass is 10.0. The van der Waals surface area contributed by atoms with E-state index in [9.17, 15) is 28.8 Å². The van der Waals surface area contributed by atoms with Crippen molar-refractivity contribution in [2.45, 2.75) is 59.7 Å². The van der Waals surface area contributed by atoms with Crippen LogP contribution in [0.25, 0.3) is 0 Å². The van der Waals surface area contributed by atoms with Crippen LogP contribution in [0.5, 0.6) is 0 Å². The number of hydrogen-bond donors (Lipinski definition) is 6. The predicted molar refractivity (Wildman–Crippen MR) is 190 cm³/mol. The molecule has 0 spiro atoms. The number of halogens is 1. The summed E-state index contributed by atoms with van der Waals surface area (Å²) in [5.74, 6) is -1.41. The van der Waals surface area contributed by atoms with E-state index in [2.05, 4.69) is 31.9 Å². The standard InChI is InChI=1S/C32H51IN6O10/c1-21(2)19-48-31(44)35-11-12-36-32(45)49-20-24-6-8-25(9-7-24)38-29(42)23(5)37-30(43)28(22(3)4)39-26(40)10-14-46-16-17-47-15-13-34-27(41)18-33/h6-9,21-23,28H,10-20H2,1-5H3,(H,34,41)(H,35,44)(H,36,45)(H,37,43)(H,38,42)(H,39,40)/t23-,28-/m0/s1. The Kier molecular flexibility index (Phi) is 22.4. The molecule has 1 rings (SSSR count). The zero-order valence-corrected chi connectivity index (χ0v) is 31.0. The largest absolute Gasteiger partial charge is 0.449 e. The van der Waals surface area contributed by atoms with E-state index in [0.29, 0.717) is 42.0 Å². The zero-order valence-electron chi connectivity index (χ0n) is 28.9. The monoisotopic (exact) mass is 806 g/mol. The van der Waals surface area contributed by atoms with Crippen LogP contribution < -0.4 is 31.9 Å². The molecule has 0 unspecified atom stereocenters. The number of amides is 6. The van der Waals surface area contributed by atoms with Crippen molar-refractivity contribution in [3.8, 4) is 0 Å². The van der Waals surface area contributed by atoms with Gasteiger partial charge in [-0.05, 0) is 36.5 Å². The van der Waals surface area contributed by atoms with Crippen molar-refractivity contribution in [3.05, 3.63) is 29.8 Å². The molecule has 16 nitrogen and oxygen atoms in total. The van der Waals surface area contributed by atoms with E-state index in [1.807, 2.05) is 36.4 Å². The van der Waals surface area contributed by atoms with Crippen molar-refractivity contribution in [1.29, 1.82) is 0 Å². The van der Waals surface area contributed by atoms with Crippen LogP contribution in [0.4, 0.5) is 15.3 Å². The third-order valence-corrected chi connectivity index (χ3v) is 7.05. The number of alkyl halides is 1. The maximum Gasteiger partial charge on any atom is 0.407 e. The smallest absolute Gasteiger partial charge is 0.407 e. The van der Waals surface area contributed by atoms with Crippen molar-refractivity contribution < 1.29 is 47.7 Å². The van der Waals surface area contributed by atoms with Crippen molar-refractivity contribution in [1.82, 2.24) is 26.6 Å². The van der Waals surface area contributed by atoms with Crippen LogP contribution >= 0.6 is 22.6 Å². The van der Waals surface area contributed by atoms with Gasteiger partial charge in [-0.25, -0.2) is 9.59 Å². The molecule has 17 heteroatoms. The summed E-state index contributed by atoms with van der Waals surface area (Å²) in [6, 6.07) is 4.86. The first kappa shape index (κ1) is 43.3. The average molecular weight is 807 g/mol. The molecule has 1 aromatic carbocycles. The normalized spacial score (nSPS) is 12.0. The Morgan fingerprint density at radius 3 is 1.90 bits per heavy atom.